The topological polar surface area (TPSA) is 70.2 Å². The van der Waals surface area contributed by atoms with Gasteiger partial charge in [-0.05, 0) is 51.3 Å². The number of piperidine rings is 1. The Hall–Kier alpha value is -1.79. The van der Waals surface area contributed by atoms with Crippen LogP contribution >= 0.6 is 11.6 Å². The van der Waals surface area contributed by atoms with Crippen molar-refractivity contribution in [1.29, 1.82) is 0 Å². The number of carbonyl (C=O) groups is 1. The average molecular weight is 379 g/mol. The molecule has 7 heteroatoms. The largest absolute Gasteiger partial charge is 0.379 e. The number of halogens is 1. The van der Waals surface area contributed by atoms with E-state index in [4.69, 9.17) is 16.3 Å². The summed E-state index contributed by atoms with van der Waals surface area (Å²) in [5, 5.41) is 3.73. The van der Waals surface area contributed by atoms with E-state index >= 15 is 0 Å². The van der Waals surface area contributed by atoms with Crippen molar-refractivity contribution < 1.29 is 9.53 Å². The Kier molecular flexibility index (Phi) is 6.38. The molecule has 0 aliphatic carbocycles. The summed E-state index contributed by atoms with van der Waals surface area (Å²) < 4.78 is 5.49. The summed E-state index contributed by atoms with van der Waals surface area (Å²) in [6.07, 6.45) is 2.77. The first-order valence-electron chi connectivity index (χ1n) is 9.32. The Labute approximate surface area is 159 Å². The van der Waals surface area contributed by atoms with Crippen LogP contribution in [-0.4, -0.2) is 48.2 Å². The van der Waals surface area contributed by atoms with E-state index in [9.17, 15) is 4.79 Å². The van der Waals surface area contributed by atoms with Crippen LogP contribution in [0.3, 0.4) is 0 Å². The molecular weight excluding hydrogens is 352 g/mol. The fraction of sp³-hybridized carbons (Fsp3) is 0.579. The normalized spacial score (nSPS) is 15.8. The Bertz CT molecular complexity index is 738. The Morgan fingerprint density at radius 2 is 2.19 bits per heavy atom. The molecule has 1 aliphatic rings. The molecule has 0 spiro atoms. The smallest absolute Gasteiger partial charge is 0.223 e. The maximum absolute atomic E-state index is 12.3. The highest BCUT2D eigenvalue weighted by Crippen LogP contribution is 2.25. The SMILES string of the molecule is CC(C)OCCCNC(=O)C1CCN(c2nc3ccc(Cl)cc3[nH]2)CC1. The molecule has 0 saturated carbocycles. The third-order valence-corrected chi connectivity index (χ3v) is 4.90. The summed E-state index contributed by atoms with van der Waals surface area (Å²) >= 11 is 6.03. The lowest BCUT2D eigenvalue weighted by Crippen LogP contribution is -2.41. The summed E-state index contributed by atoms with van der Waals surface area (Å²) in [7, 11) is 0. The molecule has 142 valence electrons. The molecule has 0 bridgehead atoms. The van der Waals surface area contributed by atoms with Crippen molar-refractivity contribution in [2.75, 3.05) is 31.1 Å². The zero-order valence-electron chi connectivity index (χ0n) is 15.4. The van der Waals surface area contributed by atoms with Crippen molar-refractivity contribution in [2.45, 2.75) is 39.2 Å². The molecule has 2 N–H and O–H groups in total. The first-order chi connectivity index (χ1) is 12.5. The van der Waals surface area contributed by atoms with Gasteiger partial charge in [-0.25, -0.2) is 4.98 Å². The van der Waals surface area contributed by atoms with Crippen LogP contribution < -0.4 is 10.2 Å². The van der Waals surface area contributed by atoms with Gasteiger partial charge < -0.3 is 19.9 Å². The number of amides is 1. The summed E-state index contributed by atoms with van der Waals surface area (Å²) in [6, 6.07) is 5.65. The van der Waals surface area contributed by atoms with E-state index in [-0.39, 0.29) is 17.9 Å². The number of imidazole rings is 1. The summed E-state index contributed by atoms with van der Waals surface area (Å²) in [5.41, 5.74) is 1.85. The van der Waals surface area contributed by atoms with Gasteiger partial charge in [-0.15, -0.1) is 0 Å². The van der Waals surface area contributed by atoms with E-state index in [1.807, 2.05) is 32.0 Å². The standard InChI is InChI=1S/C19H27ClN4O2/c1-13(2)26-11-3-8-21-18(25)14-6-9-24(10-7-14)19-22-16-5-4-15(20)12-17(16)23-19/h4-5,12-14H,3,6-11H2,1-2H3,(H,21,25)(H,22,23). The van der Waals surface area contributed by atoms with Crippen LogP contribution in [0.4, 0.5) is 5.95 Å². The molecule has 2 aromatic rings. The zero-order chi connectivity index (χ0) is 18.5. The van der Waals surface area contributed by atoms with E-state index in [0.29, 0.717) is 18.2 Å². The third kappa shape index (κ3) is 4.89. The van der Waals surface area contributed by atoms with Gasteiger partial charge in [0.15, 0.2) is 0 Å². The highest BCUT2D eigenvalue weighted by atomic mass is 35.5. The third-order valence-electron chi connectivity index (χ3n) is 4.67. The summed E-state index contributed by atoms with van der Waals surface area (Å²) in [4.78, 5) is 22.5. The summed E-state index contributed by atoms with van der Waals surface area (Å²) in [6.45, 7) is 7.04. The van der Waals surface area contributed by atoms with Gasteiger partial charge in [-0.2, -0.15) is 0 Å². The van der Waals surface area contributed by atoms with Gasteiger partial charge in [-0.1, -0.05) is 11.6 Å². The molecule has 1 amide bonds. The van der Waals surface area contributed by atoms with Crippen molar-refractivity contribution in [3.63, 3.8) is 0 Å². The van der Waals surface area contributed by atoms with E-state index in [1.54, 1.807) is 0 Å². The zero-order valence-corrected chi connectivity index (χ0v) is 16.2. The van der Waals surface area contributed by atoms with Crippen molar-refractivity contribution in [2.24, 2.45) is 5.92 Å². The van der Waals surface area contributed by atoms with E-state index < -0.39 is 0 Å². The molecule has 1 aliphatic heterocycles. The first-order valence-corrected chi connectivity index (χ1v) is 9.70. The quantitative estimate of drug-likeness (QED) is 0.725. The monoisotopic (exact) mass is 378 g/mol. The minimum absolute atomic E-state index is 0.0797. The number of aromatic nitrogens is 2. The van der Waals surface area contributed by atoms with Crippen LogP contribution in [0.2, 0.25) is 5.02 Å². The molecule has 26 heavy (non-hydrogen) atoms. The van der Waals surface area contributed by atoms with Crippen molar-refractivity contribution in [3.8, 4) is 0 Å². The second kappa shape index (κ2) is 8.73. The summed E-state index contributed by atoms with van der Waals surface area (Å²) in [5.74, 6) is 1.09. The minimum atomic E-state index is 0.0797. The second-order valence-corrected chi connectivity index (χ2v) is 7.48. The number of hydrogen-bond donors (Lipinski definition) is 2. The second-order valence-electron chi connectivity index (χ2n) is 7.05. The van der Waals surface area contributed by atoms with Gasteiger partial charge in [0.1, 0.15) is 0 Å². The lowest BCUT2D eigenvalue weighted by molar-refractivity contribution is -0.125. The van der Waals surface area contributed by atoms with Crippen molar-refractivity contribution in [1.82, 2.24) is 15.3 Å². The number of nitrogens with one attached hydrogen (secondary N) is 2. The van der Waals surface area contributed by atoms with Crippen molar-refractivity contribution >= 4 is 34.5 Å². The van der Waals surface area contributed by atoms with Gasteiger partial charge in [0.25, 0.3) is 0 Å². The first kappa shape index (κ1) is 19.0. The van der Waals surface area contributed by atoms with Gasteiger partial charge in [0.2, 0.25) is 11.9 Å². The number of ether oxygens (including phenoxy) is 1. The fourth-order valence-corrected chi connectivity index (χ4v) is 3.39. The molecule has 2 heterocycles. The Morgan fingerprint density at radius 1 is 1.42 bits per heavy atom. The van der Waals surface area contributed by atoms with Gasteiger partial charge >= 0.3 is 0 Å². The number of hydrogen-bond acceptors (Lipinski definition) is 4. The van der Waals surface area contributed by atoms with Crippen LogP contribution in [0.15, 0.2) is 18.2 Å². The molecule has 1 fully saturated rings. The van der Waals surface area contributed by atoms with Crippen LogP contribution in [0, 0.1) is 5.92 Å². The van der Waals surface area contributed by atoms with Gasteiger partial charge in [0.05, 0.1) is 17.1 Å². The fourth-order valence-electron chi connectivity index (χ4n) is 3.22. The molecule has 3 rings (SSSR count). The highest BCUT2D eigenvalue weighted by molar-refractivity contribution is 6.31. The lowest BCUT2D eigenvalue weighted by Gasteiger charge is -2.31. The number of nitrogens with zero attached hydrogens (tertiary/aromatic N) is 2. The maximum atomic E-state index is 12.3. The molecular formula is C19H27ClN4O2. The van der Waals surface area contributed by atoms with Crippen LogP contribution in [0.5, 0.6) is 0 Å². The highest BCUT2D eigenvalue weighted by Gasteiger charge is 2.26. The van der Waals surface area contributed by atoms with Crippen LogP contribution in [0.1, 0.15) is 33.1 Å². The number of benzene rings is 1. The van der Waals surface area contributed by atoms with E-state index in [0.717, 1.165) is 49.3 Å². The predicted octanol–water partition coefficient (Wildman–Crippen LogP) is 3.36. The number of H-pyrrole nitrogens is 1. The molecule has 0 radical (unpaired) electrons. The molecule has 6 nitrogen and oxygen atoms in total. The number of fused-ring (bicyclic) bond motifs is 1. The molecule has 1 aromatic carbocycles. The van der Waals surface area contributed by atoms with Gasteiger partial charge in [0, 0.05) is 37.2 Å². The predicted molar refractivity (Wildman–Crippen MR) is 105 cm³/mol. The Balaban J connectivity index is 1.45. The molecule has 1 aromatic heterocycles. The molecule has 0 atom stereocenters. The molecule has 0 unspecified atom stereocenters. The number of aromatic amines is 1. The van der Waals surface area contributed by atoms with Crippen LogP contribution in [-0.2, 0) is 9.53 Å². The maximum Gasteiger partial charge on any atom is 0.223 e. The Morgan fingerprint density at radius 3 is 2.92 bits per heavy atom. The van der Waals surface area contributed by atoms with E-state index in [2.05, 4.69) is 20.2 Å². The number of carbonyl (C=O) groups excluding carboxylic acids is 1. The van der Waals surface area contributed by atoms with Crippen LogP contribution in [0.25, 0.3) is 11.0 Å². The van der Waals surface area contributed by atoms with E-state index in [1.165, 1.54) is 0 Å². The minimum Gasteiger partial charge on any atom is -0.379 e. The average Bonchev–Trinajstić information content (AvgIpc) is 3.04. The number of anilines is 1. The number of rotatable bonds is 7. The lowest BCUT2D eigenvalue weighted by atomic mass is 9.96. The van der Waals surface area contributed by atoms with Gasteiger partial charge in [-0.3, -0.25) is 4.79 Å². The van der Waals surface area contributed by atoms with Crippen molar-refractivity contribution in [3.05, 3.63) is 23.2 Å². The molecule has 1 saturated heterocycles.